The number of aromatic nitrogens is 1. The molecule has 0 fully saturated rings. The number of carbonyl (C=O) groups is 2. The van der Waals surface area contributed by atoms with Gasteiger partial charge in [0, 0.05) is 12.7 Å². The third-order valence-electron chi connectivity index (χ3n) is 2.46. The Balaban J connectivity index is 2.37. The van der Waals surface area contributed by atoms with Crippen molar-refractivity contribution in [3.05, 3.63) is 24.0 Å². The van der Waals surface area contributed by atoms with E-state index in [1.807, 2.05) is 0 Å². The number of hydrogen-bond donors (Lipinski definition) is 3. The Kier molecular flexibility index (Phi) is 3.71. The van der Waals surface area contributed by atoms with Crippen LogP contribution in [-0.2, 0) is 4.79 Å². The van der Waals surface area contributed by atoms with Crippen molar-refractivity contribution < 1.29 is 14.7 Å². The molecule has 16 heavy (non-hydrogen) atoms. The first-order valence-electron chi connectivity index (χ1n) is 5.08. The normalized spacial score (nSPS) is 11.1. The molecule has 0 aliphatic carbocycles. The summed E-state index contributed by atoms with van der Waals surface area (Å²) in [5.41, 5.74) is -0.337. The zero-order chi connectivity index (χ0) is 12.2. The summed E-state index contributed by atoms with van der Waals surface area (Å²) >= 11 is 0. The monoisotopic (exact) mass is 224 g/mol. The van der Waals surface area contributed by atoms with Crippen molar-refractivity contribution in [1.29, 1.82) is 0 Å². The van der Waals surface area contributed by atoms with E-state index in [0.29, 0.717) is 18.7 Å². The highest BCUT2D eigenvalue weighted by Crippen LogP contribution is 2.19. The predicted octanol–water partition coefficient (Wildman–Crippen LogP) is 1.25. The Labute approximate surface area is 93.9 Å². The van der Waals surface area contributed by atoms with Crippen LogP contribution in [0.4, 0.5) is 0 Å². The van der Waals surface area contributed by atoms with Crippen molar-refractivity contribution in [2.24, 2.45) is 5.41 Å². The van der Waals surface area contributed by atoms with Gasteiger partial charge in [0.1, 0.15) is 5.69 Å². The average molecular weight is 224 g/mol. The molecular weight excluding hydrogens is 208 g/mol. The average Bonchev–Trinajstić information content (AvgIpc) is 2.69. The highest BCUT2D eigenvalue weighted by Gasteiger charge is 2.26. The first-order chi connectivity index (χ1) is 7.43. The maximum atomic E-state index is 11.5. The van der Waals surface area contributed by atoms with Crippen molar-refractivity contribution in [3.63, 3.8) is 0 Å². The number of H-pyrrole nitrogens is 1. The summed E-state index contributed by atoms with van der Waals surface area (Å²) in [6, 6.07) is 3.40. The van der Waals surface area contributed by atoms with E-state index in [9.17, 15) is 9.59 Å². The van der Waals surface area contributed by atoms with Gasteiger partial charge in [0.15, 0.2) is 0 Å². The number of aromatic amines is 1. The van der Waals surface area contributed by atoms with Crippen LogP contribution in [0.5, 0.6) is 0 Å². The fourth-order valence-corrected chi connectivity index (χ4v) is 1.16. The first-order valence-corrected chi connectivity index (χ1v) is 5.08. The Bertz CT molecular complexity index is 369. The Morgan fingerprint density at radius 3 is 2.69 bits per heavy atom. The van der Waals surface area contributed by atoms with Gasteiger partial charge in [-0.1, -0.05) is 0 Å². The molecule has 1 aromatic heterocycles. The summed E-state index contributed by atoms with van der Waals surface area (Å²) in [6.07, 6.45) is 2.06. The smallest absolute Gasteiger partial charge is 0.309 e. The van der Waals surface area contributed by atoms with E-state index in [2.05, 4.69) is 10.3 Å². The molecule has 88 valence electrons. The molecule has 0 aromatic carbocycles. The molecule has 0 atom stereocenters. The lowest BCUT2D eigenvalue weighted by molar-refractivity contribution is -0.147. The summed E-state index contributed by atoms with van der Waals surface area (Å²) in [5.74, 6) is -1.08. The largest absolute Gasteiger partial charge is 0.481 e. The number of amides is 1. The Morgan fingerprint density at radius 1 is 1.50 bits per heavy atom. The lowest BCUT2D eigenvalue weighted by atomic mass is 9.90. The third-order valence-corrected chi connectivity index (χ3v) is 2.46. The number of carbonyl (C=O) groups excluding carboxylic acids is 1. The number of hydrogen-bond acceptors (Lipinski definition) is 2. The zero-order valence-corrected chi connectivity index (χ0v) is 9.41. The second-order valence-corrected chi connectivity index (χ2v) is 4.28. The summed E-state index contributed by atoms with van der Waals surface area (Å²) in [4.78, 5) is 25.1. The zero-order valence-electron chi connectivity index (χ0n) is 9.41. The lowest BCUT2D eigenvalue weighted by Crippen LogP contribution is -2.32. The molecule has 0 bridgehead atoms. The van der Waals surface area contributed by atoms with E-state index in [0.717, 1.165) is 0 Å². The second kappa shape index (κ2) is 4.83. The number of rotatable bonds is 5. The predicted molar refractivity (Wildman–Crippen MR) is 59.2 cm³/mol. The van der Waals surface area contributed by atoms with Gasteiger partial charge in [0.25, 0.3) is 5.91 Å². The van der Waals surface area contributed by atoms with Crippen molar-refractivity contribution >= 4 is 11.9 Å². The highest BCUT2D eigenvalue weighted by atomic mass is 16.4. The standard InChI is InChI=1S/C11H16N2O3/c1-11(2,10(15)16)5-7-13-9(14)8-4-3-6-12-8/h3-4,6,12H,5,7H2,1-2H3,(H,13,14)(H,15,16). The van der Waals surface area contributed by atoms with Crippen molar-refractivity contribution in [2.75, 3.05) is 6.54 Å². The summed E-state index contributed by atoms with van der Waals surface area (Å²) in [6.45, 7) is 3.61. The highest BCUT2D eigenvalue weighted by molar-refractivity contribution is 5.92. The van der Waals surface area contributed by atoms with Crippen molar-refractivity contribution in [3.8, 4) is 0 Å². The van der Waals surface area contributed by atoms with Crippen LogP contribution in [0, 0.1) is 5.41 Å². The molecule has 0 spiro atoms. The fourth-order valence-electron chi connectivity index (χ4n) is 1.16. The minimum Gasteiger partial charge on any atom is -0.481 e. The summed E-state index contributed by atoms with van der Waals surface area (Å²) < 4.78 is 0. The number of carboxylic acid groups (broad SMARTS) is 1. The molecule has 5 heteroatoms. The van der Waals surface area contributed by atoms with Gasteiger partial charge >= 0.3 is 5.97 Å². The van der Waals surface area contributed by atoms with Gasteiger partial charge in [-0.05, 0) is 32.4 Å². The quantitative estimate of drug-likeness (QED) is 0.703. The molecule has 5 nitrogen and oxygen atoms in total. The van der Waals surface area contributed by atoms with Gasteiger partial charge in [-0.3, -0.25) is 9.59 Å². The van der Waals surface area contributed by atoms with Crippen LogP contribution in [0.1, 0.15) is 30.8 Å². The van der Waals surface area contributed by atoms with Crippen LogP contribution < -0.4 is 5.32 Å². The van der Waals surface area contributed by atoms with Crippen LogP contribution in [0.25, 0.3) is 0 Å². The van der Waals surface area contributed by atoms with E-state index in [-0.39, 0.29) is 5.91 Å². The van der Waals surface area contributed by atoms with Crippen LogP contribution >= 0.6 is 0 Å². The van der Waals surface area contributed by atoms with E-state index in [1.54, 1.807) is 32.2 Å². The molecule has 1 aromatic rings. The molecule has 0 unspecified atom stereocenters. The minimum absolute atomic E-state index is 0.216. The van der Waals surface area contributed by atoms with Gasteiger partial charge in [0.2, 0.25) is 0 Å². The van der Waals surface area contributed by atoms with Crippen molar-refractivity contribution in [1.82, 2.24) is 10.3 Å². The first kappa shape index (κ1) is 12.3. The summed E-state index contributed by atoms with van der Waals surface area (Å²) in [7, 11) is 0. The lowest BCUT2D eigenvalue weighted by Gasteiger charge is -2.18. The number of aliphatic carboxylic acids is 1. The molecule has 3 N–H and O–H groups in total. The molecule has 1 amide bonds. The van der Waals surface area contributed by atoms with E-state index in [4.69, 9.17) is 5.11 Å². The molecule has 1 rings (SSSR count). The topological polar surface area (TPSA) is 82.2 Å². The third kappa shape index (κ3) is 3.12. The molecule has 0 saturated carbocycles. The van der Waals surface area contributed by atoms with Gasteiger partial charge in [-0.15, -0.1) is 0 Å². The molecule has 0 saturated heterocycles. The Morgan fingerprint density at radius 2 is 2.19 bits per heavy atom. The molecular formula is C11H16N2O3. The van der Waals surface area contributed by atoms with Gasteiger partial charge in [0.05, 0.1) is 5.41 Å². The molecule has 0 radical (unpaired) electrons. The van der Waals surface area contributed by atoms with Gasteiger partial charge in [-0.25, -0.2) is 0 Å². The molecule has 0 aliphatic heterocycles. The number of nitrogens with one attached hydrogen (secondary N) is 2. The van der Waals surface area contributed by atoms with Crippen LogP contribution in [0.3, 0.4) is 0 Å². The SMILES string of the molecule is CC(C)(CCNC(=O)c1ccc[nH]1)C(=O)O. The van der Waals surface area contributed by atoms with Crippen LogP contribution in [0.15, 0.2) is 18.3 Å². The van der Waals surface area contributed by atoms with Gasteiger partial charge < -0.3 is 15.4 Å². The maximum absolute atomic E-state index is 11.5. The van der Waals surface area contributed by atoms with E-state index < -0.39 is 11.4 Å². The Hall–Kier alpha value is -1.78. The van der Waals surface area contributed by atoms with E-state index >= 15 is 0 Å². The van der Waals surface area contributed by atoms with Crippen LogP contribution in [0.2, 0.25) is 0 Å². The maximum Gasteiger partial charge on any atom is 0.309 e. The number of carboxylic acids is 1. The molecule has 1 heterocycles. The van der Waals surface area contributed by atoms with Crippen LogP contribution in [-0.4, -0.2) is 28.5 Å². The van der Waals surface area contributed by atoms with Gasteiger partial charge in [-0.2, -0.15) is 0 Å². The van der Waals surface area contributed by atoms with E-state index in [1.165, 1.54) is 0 Å². The fraction of sp³-hybridized carbons (Fsp3) is 0.455. The minimum atomic E-state index is -0.860. The second-order valence-electron chi connectivity index (χ2n) is 4.28. The van der Waals surface area contributed by atoms with Crippen molar-refractivity contribution in [2.45, 2.75) is 20.3 Å². The molecule has 0 aliphatic rings. The summed E-state index contributed by atoms with van der Waals surface area (Å²) in [5, 5.41) is 11.5.